The summed E-state index contributed by atoms with van der Waals surface area (Å²) in [6.45, 7) is 6.72. The lowest BCUT2D eigenvalue weighted by Gasteiger charge is -2.32. The number of sulfonamides is 1. The highest BCUT2D eigenvalue weighted by molar-refractivity contribution is 7.89. The molecule has 0 saturated heterocycles. The molecule has 0 radical (unpaired) electrons. The van der Waals surface area contributed by atoms with Gasteiger partial charge in [-0.2, -0.15) is 0 Å². The van der Waals surface area contributed by atoms with Gasteiger partial charge in [0.25, 0.3) is 0 Å². The summed E-state index contributed by atoms with van der Waals surface area (Å²) in [7, 11) is -3.27. The van der Waals surface area contributed by atoms with Crippen LogP contribution in [0.15, 0.2) is 0 Å². The van der Waals surface area contributed by atoms with E-state index in [1.165, 1.54) is 32.1 Å². The van der Waals surface area contributed by atoms with Crippen LogP contribution < -0.4 is 5.14 Å². The Hall–Kier alpha value is -0.0900. The summed E-state index contributed by atoms with van der Waals surface area (Å²) in [6, 6.07) is 0. The Labute approximate surface area is 107 Å². The Morgan fingerprint density at radius 2 is 1.47 bits per heavy atom. The minimum Gasteiger partial charge on any atom is -0.229 e. The van der Waals surface area contributed by atoms with Gasteiger partial charge in [0.1, 0.15) is 0 Å². The Bertz CT molecular complexity index is 282. The van der Waals surface area contributed by atoms with Crippen molar-refractivity contribution >= 4 is 10.0 Å². The van der Waals surface area contributed by atoms with E-state index in [9.17, 15) is 8.42 Å². The Morgan fingerprint density at radius 1 is 0.941 bits per heavy atom. The molecule has 3 nitrogen and oxygen atoms in total. The average molecular weight is 263 g/mol. The van der Waals surface area contributed by atoms with Crippen LogP contribution in [0.25, 0.3) is 0 Å². The third-order valence-electron chi connectivity index (χ3n) is 3.95. The molecule has 0 aromatic heterocycles. The van der Waals surface area contributed by atoms with Gasteiger partial charge in [0, 0.05) is 0 Å². The highest BCUT2D eigenvalue weighted by Gasteiger charge is 2.24. The number of rotatable bonds is 10. The van der Waals surface area contributed by atoms with Crippen molar-refractivity contribution in [3.05, 3.63) is 0 Å². The van der Waals surface area contributed by atoms with E-state index in [1.54, 1.807) is 0 Å². The van der Waals surface area contributed by atoms with Crippen LogP contribution in [0.5, 0.6) is 0 Å². The third-order valence-corrected chi connectivity index (χ3v) is 4.80. The minimum absolute atomic E-state index is 0.129. The SMILES string of the molecule is CCCCC(CC)(CC)CCCCS(N)(=O)=O. The largest absolute Gasteiger partial charge is 0.229 e. The van der Waals surface area contributed by atoms with E-state index < -0.39 is 10.0 Å². The van der Waals surface area contributed by atoms with Crippen molar-refractivity contribution in [3.63, 3.8) is 0 Å². The fourth-order valence-electron chi connectivity index (χ4n) is 2.44. The van der Waals surface area contributed by atoms with Crippen molar-refractivity contribution in [2.24, 2.45) is 10.6 Å². The smallest absolute Gasteiger partial charge is 0.209 e. The summed E-state index contributed by atoms with van der Waals surface area (Å²) in [4.78, 5) is 0. The maximum absolute atomic E-state index is 10.8. The number of nitrogens with two attached hydrogens (primary N) is 1. The predicted octanol–water partition coefficient (Wildman–Crippen LogP) is 3.44. The molecule has 0 aliphatic heterocycles. The highest BCUT2D eigenvalue weighted by Crippen LogP contribution is 2.37. The van der Waals surface area contributed by atoms with E-state index in [-0.39, 0.29) is 5.75 Å². The first-order valence-electron chi connectivity index (χ1n) is 6.89. The zero-order valence-corrected chi connectivity index (χ0v) is 12.5. The third kappa shape index (κ3) is 7.77. The van der Waals surface area contributed by atoms with Gasteiger partial charge in [-0.1, -0.05) is 52.9 Å². The second kappa shape index (κ2) is 8.09. The Balaban J connectivity index is 4.08. The Morgan fingerprint density at radius 3 is 1.88 bits per heavy atom. The second-order valence-electron chi connectivity index (χ2n) is 5.13. The van der Waals surface area contributed by atoms with E-state index in [0.29, 0.717) is 11.8 Å². The Kier molecular flexibility index (Phi) is 8.05. The molecule has 0 bridgehead atoms. The normalized spacial score (nSPS) is 12.9. The predicted molar refractivity (Wildman–Crippen MR) is 74.4 cm³/mol. The van der Waals surface area contributed by atoms with E-state index in [1.807, 2.05) is 0 Å². The number of hydrogen-bond donors (Lipinski definition) is 1. The van der Waals surface area contributed by atoms with Gasteiger partial charge in [0.2, 0.25) is 10.0 Å². The van der Waals surface area contributed by atoms with Crippen molar-refractivity contribution < 1.29 is 8.42 Å². The van der Waals surface area contributed by atoms with Gasteiger partial charge in [-0.3, -0.25) is 0 Å². The molecule has 0 rings (SSSR count). The topological polar surface area (TPSA) is 60.2 Å². The summed E-state index contributed by atoms with van der Waals surface area (Å²) >= 11 is 0. The van der Waals surface area contributed by atoms with E-state index >= 15 is 0 Å². The van der Waals surface area contributed by atoms with Crippen molar-refractivity contribution in [2.75, 3.05) is 5.75 Å². The number of unbranched alkanes of at least 4 members (excludes halogenated alkanes) is 2. The lowest BCUT2D eigenvalue weighted by molar-refractivity contribution is 0.206. The molecule has 0 spiro atoms. The molecule has 4 heteroatoms. The fourth-order valence-corrected chi connectivity index (χ4v) is 3.04. The first-order chi connectivity index (χ1) is 7.89. The summed E-state index contributed by atoms with van der Waals surface area (Å²) in [5, 5.41) is 5.00. The average Bonchev–Trinajstić information content (AvgIpc) is 2.28. The molecule has 2 N–H and O–H groups in total. The van der Waals surface area contributed by atoms with E-state index in [2.05, 4.69) is 20.8 Å². The zero-order valence-electron chi connectivity index (χ0n) is 11.7. The molecule has 0 saturated carbocycles. The van der Waals surface area contributed by atoms with Crippen LogP contribution in [-0.4, -0.2) is 14.2 Å². The summed E-state index contributed by atoms with van der Waals surface area (Å²) < 4.78 is 21.7. The lowest BCUT2D eigenvalue weighted by Crippen LogP contribution is -2.20. The molecular weight excluding hydrogens is 234 g/mol. The minimum atomic E-state index is -3.27. The fraction of sp³-hybridized carbons (Fsp3) is 1.00. The number of primary sulfonamides is 1. The summed E-state index contributed by atoms with van der Waals surface area (Å²) in [5.74, 6) is 0.129. The molecule has 0 amide bonds. The van der Waals surface area contributed by atoms with Crippen LogP contribution in [0.3, 0.4) is 0 Å². The molecule has 0 aromatic rings. The molecule has 0 fully saturated rings. The second-order valence-corrected chi connectivity index (χ2v) is 6.87. The summed E-state index contributed by atoms with van der Waals surface area (Å²) in [6.07, 6.45) is 8.98. The highest BCUT2D eigenvalue weighted by atomic mass is 32.2. The van der Waals surface area contributed by atoms with E-state index in [4.69, 9.17) is 5.14 Å². The van der Waals surface area contributed by atoms with Gasteiger partial charge in [-0.15, -0.1) is 0 Å². The van der Waals surface area contributed by atoms with Crippen LogP contribution in [-0.2, 0) is 10.0 Å². The van der Waals surface area contributed by atoms with Crippen LogP contribution in [0.2, 0.25) is 0 Å². The molecule has 104 valence electrons. The van der Waals surface area contributed by atoms with Gasteiger partial charge in [0.15, 0.2) is 0 Å². The van der Waals surface area contributed by atoms with Crippen LogP contribution in [0.1, 0.15) is 72.1 Å². The van der Waals surface area contributed by atoms with Crippen LogP contribution in [0.4, 0.5) is 0 Å². The zero-order chi connectivity index (χ0) is 13.4. The van der Waals surface area contributed by atoms with Crippen LogP contribution >= 0.6 is 0 Å². The van der Waals surface area contributed by atoms with Gasteiger partial charge < -0.3 is 0 Å². The van der Waals surface area contributed by atoms with Crippen LogP contribution in [0, 0.1) is 5.41 Å². The molecule has 0 aliphatic carbocycles. The maximum Gasteiger partial charge on any atom is 0.209 e. The molecule has 0 aliphatic rings. The van der Waals surface area contributed by atoms with Gasteiger partial charge in [-0.25, -0.2) is 13.6 Å². The van der Waals surface area contributed by atoms with Gasteiger partial charge in [-0.05, 0) is 24.7 Å². The molecular formula is C13H29NO2S. The molecule has 0 atom stereocenters. The first kappa shape index (κ1) is 16.9. The molecule has 17 heavy (non-hydrogen) atoms. The molecule has 0 aromatic carbocycles. The number of hydrogen-bond acceptors (Lipinski definition) is 2. The van der Waals surface area contributed by atoms with Crippen molar-refractivity contribution in [1.82, 2.24) is 0 Å². The molecule has 0 unspecified atom stereocenters. The monoisotopic (exact) mass is 263 g/mol. The van der Waals surface area contributed by atoms with Gasteiger partial charge in [0.05, 0.1) is 5.75 Å². The van der Waals surface area contributed by atoms with Crippen molar-refractivity contribution in [3.8, 4) is 0 Å². The lowest BCUT2D eigenvalue weighted by atomic mass is 9.74. The van der Waals surface area contributed by atoms with E-state index in [0.717, 1.165) is 12.8 Å². The van der Waals surface area contributed by atoms with Crippen molar-refractivity contribution in [1.29, 1.82) is 0 Å². The quantitative estimate of drug-likeness (QED) is 0.614. The molecule has 0 heterocycles. The van der Waals surface area contributed by atoms with Gasteiger partial charge >= 0.3 is 0 Å². The van der Waals surface area contributed by atoms with Crippen molar-refractivity contribution in [2.45, 2.75) is 72.1 Å². The maximum atomic E-state index is 10.8. The first-order valence-corrected chi connectivity index (χ1v) is 8.61. The standard InChI is InChI=1S/C13H29NO2S/c1-4-7-10-13(5-2,6-3)11-8-9-12-17(14,15)16/h4-12H2,1-3H3,(H2,14,15,16). The summed E-state index contributed by atoms with van der Waals surface area (Å²) in [5.41, 5.74) is 0.425.